The second kappa shape index (κ2) is 11.1. The first-order valence-corrected chi connectivity index (χ1v) is 4.25. The maximum absolute atomic E-state index is 10.9. The van der Waals surface area contributed by atoms with Gasteiger partial charge in [-0.15, -0.1) is 0 Å². The molecule has 0 heterocycles. The molecule has 0 aromatic carbocycles. The molecule has 0 fully saturated rings. The summed E-state index contributed by atoms with van der Waals surface area (Å²) >= 11 is 0. The van der Waals surface area contributed by atoms with Gasteiger partial charge in [0, 0.05) is 27.1 Å². The van der Waals surface area contributed by atoms with Crippen LogP contribution in [-0.2, 0) is 14.3 Å². The lowest BCUT2D eigenvalue weighted by molar-refractivity contribution is -0.129. The highest BCUT2D eigenvalue weighted by Crippen LogP contribution is 1.91. The van der Waals surface area contributed by atoms with E-state index in [2.05, 4.69) is 6.92 Å². The van der Waals surface area contributed by atoms with Gasteiger partial charge in [0.05, 0.1) is 6.61 Å². The van der Waals surface area contributed by atoms with E-state index in [0.717, 1.165) is 13.0 Å². The number of methoxy groups -OCH3 is 1. The van der Waals surface area contributed by atoms with Crippen LogP contribution in [0.5, 0.6) is 0 Å². The molecule has 0 spiro atoms. The third-order valence-corrected chi connectivity index (χ3v) is 1.50. The molecule has 0 bridgehead atoms. The van der Waals surface area contributed by atoms with Crippen LogP contribution in [0.25, 0.3) is 0 Å². The Bertz CT molecular complexity index is 128. The average molecular weight is 189 g/mol. The molecule has 0 aliphatic rings. The Morgan fingerprint density at radius 3 is 2.23 bits per heavy atom. The van der Waals surface area contributed by atoms with Gasteiger partial charge >= 0.3 is 0 Å². The van der Waals surface area contributed by atoms with Crippen LogP contribution >= 0.6 is 0 Å². The summed E-state index contributed by atoms with van der Waals surface area (Å²) < 4.78 is 4.87. The van der Waals surface area contributed by atoms with Crippen LogP contribution in [0.2, 0.25) is 0 Å². The van der Waals surface area contributed by atoms with Gasteiger partial charge in [-0.3, -0.25) is 4.79 Å². The summed E-state index contributed by atoms with van der Waals surface area (Å²) in [5.41, 5.74) is 0. The maximum atomic E-state index is 10.9. The number of amides is 1. The van der Waals surface area contributed by atoms with Crippen LogP contribution in [0.3, 0.4) is 0 Å². The Hall–Kier alpha value is -0.900. The van der Waals surface area contributed by atoms with Crippen molar-refractivity contribution in [3.8, 4) is 0 Å². The number of hydrogen-bond acceptors (Lipinski definition) is 3. The number of carbonyl (C=O) groups is 2. The van der Waals surface area contributed by atoms with Crippen LogP contribution in [0.15, 0.2) is 0 Å². The summed E-state index contributed by atoms with van der Waals surface area (Å²) in [5, 5.41) is 0. The van der Waals surface area contributed by atoms with Gasteiger partial charge < -0.3 is 14.4 Å². The monoisotopic (exact) mass is 189 g/mol. The second-order valence-electron chi connectivity index (χ2n) is 2.50. The van der Waals surface area contributed by atoms with Crippen molar-refractivity contribution in [1.29, 1.82) is 0 Å². The van der Waals surface area contributed by atoms with Gasteiger partial charge in [0.2, 0.25) is 5.91 Å². The number of nitrogens with zero attached hydrogens (tertiary/aromatic N) is 1. The molecule has 0 rings (SSSR count). The van der Waals surface area contributed by atoms with Crippen molar-refractivity contribution in [3.05, 3.63) is 0 Å². The summed E-state index contributed by atoms with van der Waals surface area (Å²) in [7, 11) is 1.64. The number of rotatable bonds is 5. The summed E-state index contributed by atoms with van der Waals surface area (Å²) in [5.74, 6) is 0.129. The van der Waals surface area contributed by atoms with E-state index in [0.29, 0.717) is 13.2 Å². The summed E-state index contributed by atoms with van der Waals surface area (Å²) in [6.07, 6.45) is 1.00. The third-order valence-electron chi connectivity index (χ3n) is 1.50. The van der Waals surface area contributed by atoms with Gasteiger partial charge in [0.15, 0.2) is 0 Å². The van der Waals surface area contributed by atoms with Crippen LogP contribution < -0.4 is 0 Å². The van der Waals surface area contributed by atoms with Gasteiger partial charge in [-0.05, 0) is 6.42 Å². The minimum atomic E-state index is 0.129. The van der Waals surface area contributed by atoms with Gasteiger partial charge in [-0.2, -0.15) is 0 Å². The second-order valence-corrected chi connectivity index (χ2v) is 2.50. The number of ether oxygens (including phenoxy) is 1. The minimum absolute atomic E-state index is 0.129. The molecule has 4 heteroatoms. The van der Waals surface area contributed by atoms with Crippen molar-refractivity contribution >= 4 is 12.7 Å². The Kier molecular flexibility index (Phi) is 12.5. The molecule has 4 nitrogen and oxygen atoms in total. The lowest BCUT2D eigenvalue weighted by Crippen LogP contribution is -2.32. The largest absolute Gasteiger partial charge is 0.383 e. The Morgan fingerprint density at radius 1 is 1.38 bits per heavy atom. The van der Waals surface area contributed by atoms with Gasteiger partial charge in [0.1, 0.15) is 6.79 Å². The van der Waals surface area contributed by atoms with E-state index in [9.17, 15) is 4.79 Å². The molecular formula is C9H19NO3. The lowest BCUT2D eigenvalue weighted by Gasteiger charge is -2.19. The molecule has 13 heavy (non-hydrogen) atoms. The molecular weight excluding hydrogens is 170 g/mol. The average Bonchev–Trinajstić information content (AvgIpc) is 2.15. The molecule has 1 amide bonds. The molecule has 0 aliphatic carbocycles. The Balaban J connectivity index is 0. The van der Waals surface area contributed by atoms with Crippen LogP contribution in [0.4, 0.5) is 0 Å². The van der Waals surface area contributed by atoms with Crippen molar-refractivity contribution < 1.29 is 14.3 Å². The highest BCUT2D eigenvalue weighted by Gasteiger charge is 2.05. The Labute approximate surface area is 79.9 Å². The molecule has 0 atom stereocenters. The predicted octanol–water partition coefficient (Wildman–Crippen LogP) is 0.706. The van der Waals surface area contributed by atoms with Crippen molar-refractivity contribution in [2.75, 3.05) is 26.8 Å². The standard InChI is InChI=1S/C8H17NO2.CH2O/c1-4-5-9(8(2)10)6-7-11-3;1-2/h4-7H2,1-3H3;1H2. The van der Waals surface area contributed by atoms with E-state index in [4.69, 9.17) is 9.53 Å². The molecule has 0 aromatic rings. The zero-order valence-electron chi connectivity index (χ0n) is 8.71. The van der Waals surface area contributed by atoms with E-state index in [1.54, 1.807) is 18.9 Å². The summed E-state index contributed by atoms with van der Waals surface area (Å²) in [4.78, 5) is 20.7. The minimum Gasteiger partial charge on any atom is -0.383 e. The quantitative estimate of drug-likeness (QED) is 0.639. The van der Waals surface area contributed by atoms with Crippen LogP contribution in [0.1, 0.15) is 20.3 Å². The molecule has 0 aliphatic heterocycles. The van der Waals surface area contributed by atoms with Crippen LogP contribution in [0, 0.1) is 0 Å². The van der Waals surface area contributed by atoms with Gasteiger partial charge in [-0.25, -0.2) is 0 Å². The van der Waals surface area contributed by atoms with E-state index in [1.165, 1.54) is 0 Å². The zero-order chi connectivity index (χ0) is 10.7. The summed E-state index contributed by atoms with van der Waals surface area (Å²) in [6.45, 7) is 7.81. The maximum Gasteiger partial charge on any atom is 0.219 e. The van der Waals surface area contributed by atoms with E-state index < -0.39 is 0 Å². The highest BCUT2D eigenvalue weighted by molar-refractivity contribution is 5.73. The fraction of sp³-hybridized carbons (Fsp3) is 0.778. The van der Waals surface area contributed by atoms with Crippen molar-refractivity contribution in [2.45, 2.75) is 20.3 Å². The lowest BCUT2D eigenvalue weighted by atomic mass is 10.4. The fourth-order valence-electron chi connectivity index (χ4n) is 0.898. The first kappa shape index (κ1) is 14.6. The van der Waals surface area contributed by atoms with Crippen molar-refractivity contribution in [2.24, 2.45) is 0 Å². The first-order chi connectivity index (χ1) is 6.22. The molecule has 0 unspecified atom stereocenters. The topological polar surface area (TPSA) is 46.6 Å². The fourth-order valence-corrected chi connectivity index (χ4v) is 0.898. The molecule has 0 N–H and O–H groups in total. The first-order valence-electron chi connectivity index (χ1n) is 4.25. The van der Waals surface area contributed by atoms with Crippen molar-refractivity contribution in [1.82, 2.24) is 4.90 Å². The predicted molar refractivity (Wildman–Crippen MR) is 51.5 cm³/mol. The number of carbonyl (C=O) groups excluding carboxylic acids is 2. The highest BCUT2D eigenvalue weighted by atomic mass is 16.5. The molecule has 0 saturated carbocycles. The van der Waals surface area contributed by atoms with E-state index in [1.807, 2.05) is 6.79 Å². The van der Waals surface area contributed by atoms with Crippen molar-refractivity contribution in [3.63, 3.8) is 0 Å². The van der Waals surface area contributed by atoms with Crippen LogP contribution in [-0.4, -0.2) is 44.4 Å². The number of hydrogen-bond donors (Lipinski definition) is 0. The van der Waals surface area contributed by atoms with Gasteiger partial charge in [-0.1, -0.05) is 6.92 Å². The third kappa shape index (κ3) is 9.01. The molecule has 0 aromatic heterocycles. The Morgan fingerprint density at radius 2 is 1.92 bits per heavy atom. The normalized spacial score (nSPS) is 8.54. The van der Waals surface area contributed by atoms with Gasteiger partial charge in [0.25, 0.3) is 0 Å². The molecule has 0 saturated heterocycles. The zero-order valence-corrected chi connectivity index (χ0v) is 8.71. The smallest absolute Gasteiger partial charge is 0.219 e. The summed E-state index contributed by atoms with van der Waals surface area (Å²) in [6, 6.07) is 0. The van der Waals surface area contributed by atoms with E-state index >= 15 is 0 Å². The molecule has 78 valence electrons. The molecule has 0 radical (unpaired) electrons. The van der Waals surface area contributed by atoms with E-state index in [-0.39, 0.29) is 5.91 Å². The SMILES string of the molecule is C=O.CCCN(CCOC)C(C)=O.